The van der Waals surface area contributed by atoms with Gasteiger partial charge in [-0.05, 0) is 77.0 Å². The SMILES string of the molecule is CC(C)Oc1ccc(CNC(=O)N(Cc2ccc(F)cc2F)C2CCCN(C)CC2)cc1.O=C(O)C(F)(F)F. The summed E-state index contributed by atoms with van der Waals surface area (Å²) in [5.41, 5.74) is 1.26. The van der Waals surface area contributed by atoms with Gasteiger partial charge in [-0.1, -0.05) is 18.2 Å². The number of carbonyl (C=O) groups is 2. The lowest BCUT2D eigenvalue weighted by molar-refractivity contribution is -0.192. The first-order chi connectivity index (χ1) is 18.3. The van der Waals surface area contributed by atoms with Crippen molar-refractivity contribution in [2.75, 3.05) is 20.1 Å². The third-order valence-corrected chi connectivity index (χ3v) is 5.96. The third-order valence-electron chi connectivity index (χ3n) is 5.96. The molecule has 12 heteroatoms. The monoisotopic (exact) mass is 559 g/mol. The molecule has 216 valence electrons. The fraction of sp³-hybridized carbons (Fsp3) is 0.481. The molecule has 0 aliphatic carbocycles. The number of hydrogen-bond acceptors (Lipinski definition) is 4. The summed E-state index contributed by atoms with van der Waals surface area (Å²) in [5.74, 6) is -3.23. The molecule has 2 N–H and O–H groups in total. The zero-order valence-electron chi connectivity index (χ0n) is 22.1. The minimum atomic E-state index is -5.08. The molecular formula is C27H34F5N3O4. The second-order valence-electron chi connectivity index (χ2n) is 9.52. The Morgan fingerprint density at radius 2 is 1.74 bits per heavy atom. The summed E-state index contributed by atoms with van der Waals surface area (Å²) in [5, 5.41) is 10.1. The Labute approximate surface area is 224 Å². The summed E-state index contributed by atoms with van der Waals surface area (Å²) >= 11 is 0. The first kappa shape index (κ1) is 31.8. The first-order valence-electron chi connectivity index (χ1n) is 12.5. The number of urea groups is 1. The number of nitrogens with one attached hydrogen (secondary N) is 1. The van der Waals surface area contributed by atoms with Crippen LogP contribution in [0.4, 0.5) is 26.7 Å². The number of benzene rings is 2. The Balaban J connectivity index is 0.000000673. The zero-order chi connectivity index (χ0) is 29.2. The highest BCUT2D eigenvalue weighted by molar-refractivity contribution is 5.74. The van der Waals surface area contributed by atoms with Crippen LogP contribution in [-0.4, -0.2) is 65.4 Å². The molecule has 2 amide bonds. The Kier molecular flexibility index (Phi) is 12.0. The van der Waals surface area contributed by atoms with Crippen molar-refractivity contribution < 1.29 is 41.4 Å². The van der Waals surface area contributed by atoms with Gasteiger partial charge in [-0.2, -0.15) is 13.2 Å². The zero-order valence-corrected chi connectivity index (χ0v) is 22.1. The van der Waals surface area contributed by atoms with E-state index in [0.29, 0.717) is 12.1 Å². The van der Waals surface area contributed by atoms with Crippen molar-refractivity contribution in [1.82, 2.24) is 15.1 Å². The molecule has 1 aliphatic rings. The Bertz CT molecular complexity index is 1080. The minimum Gasteiger partial charge on any atom is -0.491 e. The number of rotatable bonds is 7. The molecule has 39 heavy (non-hydrogen) atoms. The summed E-state index contributed by atoms with van der Waals surface area (Å²) in [6, 6.07) is 10.9. The number of likely N-dealkylation sites (tertiary alicyclic amines) is 1. The van der Waals surface area contributed by atoms with Gasteiger partial charge < -0.3 is 25.0 Å². The maximum Gasteiger partial charge on any atom is 0.490 e. The first-order valence-corrected chi connectivity index (χ1v) is 12.5. The fourth-order valence-corrected chi connectivity index (χ4v) is 3.97. The standard InChI is InChI=1S/C25H33F2N3O2.C2HF3O2/c1-18(2)32-23-10-6-19(7-11-23)16-28-25(31)30(22-5-4-13-29(3)14-12-22)17-20-8-9-21(26)15-24(20)27;3-2(4,5)1(6)7/h6-11,15,18,22H,4-5,12-14,16-17H2,1-3H3,(H,28,31);(H,6,7). The predicted molar refractivity (Wildman–Crippen MR) is 135 cm³/mol. The molecule has 1 heterocycles. The highest BCUT2D eigenvalue weighted by Crippen LogP contribution is 2.21. The molecule has 0 radical (unpaired) electrons. The van der Waals surface area contributed by atoms with Crippen LogP contribution >= 0.6 is 0 Å². The molecule has 1 atom stereocenters. The molecule has 0 saturated carbocycles. The molecule has 0 bridgehead atoms. The van der Waals surface area contributed by atoms with Crippen LogP contribution < -0.4 is 10.1 Å². The summed E-state index contributed by atoms with van der Waals surface area (Å²) in [6.45, 7) is 6.25. The van der Waals surface area contributed by atoms with E-state index in [0.717, 1.165) is 49.7 Å². The number of amides is 2. The van der Waals surface area contributed by atoms with E-state index >= 15 is 0 Å². The highest BCUT2D eigenvalue weighted by Gasteiger charge is 2.38. The third kappa shape index (κ3) is 11.1. The molecule has 0 spiro atoms. The summed E-state index contributed by atoms with van der Waals surface area (Å²) in [6.07, 6.45) is -2.36. The number of halogens is 5. The average molecular weight is 560 g/mol. The van der Waals surface area contributed by atoms with E-state index in [1.54, 1.807) is 4.90 Å². The molecule has 2 aromatic rings. The van der Waals surface area contributed by atoms with Gasteiger partial charge in [0.05, 0.1) is 12.6 Å². The Hall–Kier alpha value is -3.41. The Morgan fingerprint density at radius 3 is 2.31 bits per heavy atom. The van der Waals surface area contributed by atoms with E-state index in [1.165, 1.54) is 12.1 Å². The van der Waals surface area contributed by atoms with Gasteiger partial charge in [-0.15, -0.1) is 0 Å². The molecule has 0 aromatic heterocycles. The van der Waals surface area contributed by atoms with Crippen LogP contribution in [0.25, 0.3) is 0 Å². The van der Waals surface area contributed by atoms with Gasteiger partial charge >= 0.3 is 18.2 Å². The van der Waals surface area contributed by atoms with Gasteiger partial charge in [0.2, 0.25) is 0 Å². The van der Waals surface area contributed by atoms with Gasteiger partial charge in [-0.25, -0.2) is 18.4 Å². The van der Waals surface area contributed by atoms with Gasteiger partial charge in [0.15, 0.2) is 0 Å². The van der Waals surface area contributed by atoms with Crippen LogP contribution in [-0.2, 0) is 17.9 Å². The maximum atomic E-state index is 14.3. The normalized spacial score (nSPS) is 16.1. The molecule has 1 unspecified atom stereocenters. The number of carboxylic acid groups (broad SMARTS) is 1. The van der Waals surface area contributed by atoms with Crippen LogP contribution in [0.5, 0.6) is 5.75 Å². The summed E-state index contributed by atoms with van der Waals surface area (Å²) in [4.78, 5) is 26.0. The molecule has 1 aliphatic heterocycles. The molecule has 1 fully saturated rings. The van der Waals surface area contributed by atoms with Crippen molar-refractivity contribution in [1.29, 1.82) is 0 Å². The largest absolute Gasteiger partial charge is 0.491 e. The quantitative estimate of drug-likeness (QED) is 0.433. The average Bonchev–Trinajstić information content (AvgIpc) is 3.06. The van der Waals surface area contributed by atoms with Gasteiger partial charge in [0.25, 0.3) is 0 Å². The Morgan fingerprint density at radius 1 is 1.10 bits per heavy atom. The lowest BCUT2D eigenvalue weighted by Crippen LogP contribution is -2.46. The van der Waals surface area contributed by atoms with Crippen molar-refractivity contribution in [2.45, 2.75) is 64.5 Å². The van der Waals surface area contributed by atoms with Gasteiger partial charge in [-0.3, -0.25) is 0 Å². The number of ether oxygens (including phenoxy) is 1. The van der Waals surface area contributed by atoms with Crippen molar-refractivity contribution in [3.8, 4) is 5.75 Å². The molecule has 7 nitrogen and oxygen atoms in total. The van der Waals surface area contributed by atoms with E-state index < -0.39 is 23.8 Å². The predicted octanol–water partition coefficient (Wildman–Crippen LogP) is 5.58. The number of alkyl halides is 3. The topological polar surface area (TPSA) is 82.1 Å². The second-order valence-corrected chi connectivity index (χ2v) is 9.52. The molecule has 1 saturated heterocycles. The number of hydrogen-bond donors (Lipinski definition) is 2. The second kappa shape index (κ2) is 14.7. The van der Waals surface area contributed by atoms with E-state index in [9.17, 15) is 26.7 Å². The fourth-order valence-electron chi connectivity index (χ4n) is 3.97. The number of carboxylic acids is 1. The number of carbonyl (C=O) groups excluding carboxylic acids is 1. The van der Waals surface area contributed by atoms with Crippen LogP contribution in [0.15, 0.2) is 42.5 Å². The summed E-state index contributed by atoms with van der Waals surface area (Å²) < 4.78 is 65.1. The van der Waals surface area contributed by atoms with Crippen LogP contribution in [0.3, 0.4) is 0 Å². The van der Waals surface area contributed by atoms with Crippen molar-refractivity contribution in [2.24, 2.45) is 0 Å². The number of nitrogens with zero attached hydrogens (tertiary/aromatic N) is 2. The lowest BCUT2D eigenvalue weighted by atomic mass is 10.1. The summed E-state index contributed by atoms with van der Waals surface area (Å²) in [7, 11) is 2.07. The maximum absolute atomic E-state index is 14.3. The van der Waals surface area contributed by atoms with Crippen LogP contribution in [0.2, 0.25) is 0 Å². The number of aliphatic carboxylic acids is 1. The van der Waals surface area contributed by atoms with Gasteiger partial charge in [0, 0.05) is 24.2 Å². The lowest BCUT2D eigenvalue weighted by Gasteiger charge is -2.31. The van der Waals surface area contributed by atoms with Crippen molar-refractivity contribution in [3.05, 3.63) is 65.2 Å². The smallest absolute Gasteiger partial charge is 0.490 e. The highest BCUT2D eigenvalue weighted by atomic mass is 19.4. The van der Waals surface area contributed by atoms with Gasteiger partial charge in [0.1, 0.15) is 17.4 Å². The molecule has 3 rings (SSSR count). The molecular weight excluding hydrogens is 525 g/mol. The van der Waals surface area contributed by atoms with E-state index in [2.05, 4.69) is 17.3 Å². The van der Waals surface area contributed by atoms with E-state index in [1.807, 2.05) is 38.1 Å². The van der Waals surface area contributed by atoms with Crippen molar-refractivity contribution >= 4 is 12.0 Å². The van der Waals surface area contributed by atoms with Crippen molar-refractivity contribution in [3.63, 3.8) is 0 Å². The van der Waals surface area contributed by atoms with E-state index in [4.69, 9.17) is 14.6 Å². The molecule has 2 aromatic carbocycles. The minimum absolute atomic E-state index is 0.00813. The van der Waals surface area contributed by atoms with E-state index in [-0.39, 0.29) is 24.7 Å². The van der Waals surface area contributed by atoms with Crippen LogP contribution in [0.1, 0.15) is 44.2 Å². The van der Waals surface area contributed by atoms with Crippen LogP contribution in [0, 0.1) is 11.6 Å².